The van der Waals surface area contributed by atoms with Gasteiger partial charge in [0, 0.05) is 24.7 Å². The second kappa shape index (κ2) is 12.2. The molecule has 6 nitrogen and oxygen atoms in total. The molecule has 0 heterocycles. The molecule has 2 aromatic carbocycles. The molecule has 2 atom stereocenters. The lowest BCUT2D eigenvalue weighted by Crippen LogP contribution is -2.47. The third-order valence-electron chi connectivity index (χ3n) is 7.57. The quantitative estimate of drug-likeness (QED) is 0.377. The van der Waals surface area contributed by atoms with E-state index < -0.39 is 11.6 Å². The Morgan fingerprint density at radius 3 is 2.39 bits per heavy atom. The Labute approximate surface area is 227 Å². The molecule has 38 heavy (non-hydrogen) atoms. The summed E-state index contributed by atoms with van der Waals surface area (Å²) in [5.74, 6) is -0.358. The van der Waals surface area contributed by atoms with Crippen molar-refractivity contribution in [1.82, 2.24) is 10.2 Å². The Hall–Kier alpha value is -3.12. The van der Waals surface area contributed by atoms with Gasteiger partial charge in [-0.05, 0) is 88.5 Å². The fraction of sp³-hybridized carbons (Fsp3) is 0.500. The van der Waals surface area contributed by atoms with Crippen molar-refractivity contribution in [2.75, 3.05) is 0 Å². The minimum Gasteiger partial charge on any atom is -0.478 e. The molecule has 0 radical (unpaired) electrons. The molecule has 2 N–H and O–H groups in total. The van der Waals surface area contributed by atoms with Crippen molar-refractivity contribution in [2.45, 2.75) is 96.5 Å². The number of benzene rings is 2. The molecule has 0 saturated heterocycles. The fourth-order valence-corrected chi connectivity index (χ4v) is 5.54. The maximum absolute atomic E-state index is 13.2. The number of nitrogens with one attached hydrogen (secondary N) is 1. The van der Waals surface area contributed by atoms with Crippen LogP contribution in [0.25, 0.3) is 6.08 Å². The van der Waals surface area contributed by atoms with Crippen LogP contribution in [-0.4, -0.2) is 45.8 Å². The number of ether oxygens (including phenoxy) is 1. The lowest BCUT2D eigenvalue weighted by molar-refractivity contribution is 0.00876. The number of nitrogens with zero attached hydrogens (tertiary/aromatic N) is 1. The van der Waals surface area contributed by atoms with Gasteiger partial charge in [0.15, 0.2) is 0 Å². The number of aromatic carboxylic acids is 1. The van der Waals surface area contributed by atoms with Gasteiger partial charge in [0.2, 0.25) is 0 Å². The molecule has 0 aromatic heterocycles. The molecule has 204 valence electrons. The molecule has 2 fully saturated rings. The van der Waals surface area contributed by atoms with Crippen molar-refractivity contribution >= 4 is 18.1 Å². The lowest BCUT2D eigenvalue weighted by Gasteiger charge is -2.38. The molecule has 0 spiro atoms. The predicted octanol–water partition coefficient (Wildman–Crippen LogP) is 6.90. The normalized spacial score (nSPS) is 23.5. The van der Waals surface area contributed by atoms with E-state index in [4.69, 9.17) is 4.74 Å². The maximum Gasteiger partial charge on any atom is 0.410 e. The van der Waals surface area contributed by atoms with Gasteiger partial charge in [-0.25, -0.2) is 9.59 Å². The number of hydrogen-bond donors (Lipinski definition) is 2. The summed E-state index contributed by atoms with van der Waals surface area (Å²) in [4.78, 5) is 26.5. The Kier molecular flexibility index (Phi) is 8.93. The van der Waals surface area contributed by atoms with Crippen molar-refractivity contribution in [2.24, 2.45) is 5.92 Å². The van der Waals surface area contributed by atoms with Crippen LogP contribution in [0.3, 0.4) is 0 Å². The first kappa shape index (κ1) is 27.9. The molecule has 1 amide bonds. The van der Waals surface area contributed by atoms with Gasteiger partial charge >= 0.3 is 12.1 Å². The van der Waals surface area contributed by atoms with Crippen LogP contribution < -0.4 is 5.32 Å². The monoisotopic (exact) mass is 518 g/mol. The van der Waals surface area contributed by atoms with E-state index >= 15 is 0 Å². The third-order valence-corrected chi connectivity index (χ3v) is 7.57. The summed E-state index contributed by atoms with van der Waals surface area (Å²) in [5, 5.41) is 13.3. The smallest absolute Gasteiger partial charge is 0.410 e. The largest absolute Gasteiger partial charge is 0.478 e. The number of rotatable bonds is 9. The molecule has 2 aliphatic rings. The van der Waals surface area contributed by atoms with E-state index in [0.717, 1.165) is 37.7 Å². The summed E-state index contributed by atoms with van der Waals surface area (Å²) in [6.45, 7) is 8.20. The Balaban J connectivity index is 1.36. The van der Waals surface area contributed by atoms with Gasteiger partial charge in [0.05, 0.1) is 5.56 Å². The van der Waals surface area contributed by atoms with Crippen molar-refractivity contribution < 1.29 is 19.4 Å². The van der Waals surface area contributed by atoms with E-state index in [1.54, 1.807) is 23.1 Å². The van der Waals surface area contributed by atoms with Crippen LogP contribution >= 0.6 is 0 Å². The summed E-state index contributed by atoms with van der Waals surface area (Å²) in [5.41, 5.74) is 3.22. The highest BCUT2D eigenvalue weighted by atomic mass is 16.6. The molecule has 0 aliphatic heterocycles. The van der Waals surface area contributed by atoms with Crippen LogP contribution in [0.1, 0.15) is 87.7 Å². The highest BCUT2D eigenvalue weighted by Crippen LogP contribution is 2.41. The molecule has 6 heteroatoms. The molecule has 4 rings (SSSR count). The Morgan fingerprint density at radius 2 is 1.76 bits per heavy atom. The molecule has 2 saturated carbocycles. The van der Waals surface area contributed by atoms with Gasteiger partial charge in [0.1, 0.15) is 5.60 Å². The van der Waals surface area contributed by atoms with Gasteiger partial charge in [-0.15, -0.1) is 0 Å². The molecular weight excluding hydrogens is 476 g/mol. The topological polar surface area (TPSA) is 78.9 Å². The standard InChI is InChI=1S/C32H42N2O4/c1-5-24(18-22-10-7-6-8-11-22)28-20-29(28)33-26-14-16-27(17-15-26)34(31(37)38-32(2,3)4)21-23-12-9-13-25(19-23)30(35)36/h6-13,18-19,26-29,33H,5,14-17,20-21H2,1-4H3,(H,35,36)/t26?,27?,28-,29+/m0/s1. The summed E-state index contributed by atoms with van der Waals surface area (Å²) < 4.78 is 5.75. The van der Waals surface area contributed by atoms with Gasteiger partial charge in [0.25, 0.3) is 0 Å². The molecule has 2 aliphatic carbocycles. The molecule has 0 unspecified atom stereocenters. The Morgan fingerprint density at radius 1 is 1.05 bits per heavy atom. The zero-order valence-corrected chi connectivity index (χ0v) is 23.2. The summed E-state index contributed by atoms with van der Waals surface area (Å²) >= 11 is 0. The van der Waals surface area contributed by atoms with Crippen LogP contribution in [0, 0.1) is 5.92 Å². The average Bonchev–Trinajstić information content (AvgIpc) is 3.65. The van der Waals surface area contributed by atoms with Gasteiger partial charge < -0.3 is 20.1 Å². The fourth-order valence-electron chi connectivity index (χ4n) is 5.54. The zero-order valence-electron chi connectivity index (χ0n) is 23.2. The molecule has 0 bridgehead atoms. The number of hydrogen-bond acceptors (Lipinski definition) is 4. The summed E-state index contributed by atoms with van der Waals surface area (Å²) in [7, 11) is 0. The van der Waals surface area contributed by atoms with Crippen LogP contribution in [-0.2, 0) is 11.3 Å². The number of carboxylic acids is 1. The van der Waals surface area contributed by atoms with E-state index in [1.807, 2.05) is 26.8 Å². The highest BCUT2D eigenvalue weighted by Gasteiger charge is 2.41. The second-order valence-corrected chi connectivity index (χ2v) is 11.7. The molecule has 2 aromatic rings. The minimum atomic E-state index is -0.967. The number of amides is 1. The minimum absolute atomic E-state index is 0.0653. The Bertz CT molecular complexity index is 1130. The van der Waals surface area contributed by atoms with Crippen LogP contribution in [0.5, 0.6) is 0 Å². The lowest BCUT2D eigenvalue weighted by atomic mass is 9.89. The van der Waals surface area contributed by atoms with Crippen LogP contribution in [0.2, 0.25) is 0 Å². The van der Waals surface area contributed by atoms with Crippen LogP contribution in [0.15, 0.2) is 60.2 Å². The number of carbonyl (C=O) groups is 2. The zero-order chi connectivity index (χ0) is 27.3. The van der Waals surface area contributed by atoms with Crippen molar-refractivity contribution in [1.29, 1.82) is 0 Å². The number of carbonyl (C=O) groups excluding carboxylic acids is 1. The van der Waals surface area contributed by atoms with E-state index in [9.17, 15) is 14.7 Å². The first-order valence-electron chi connectivity index (χ1n) is 14.0. The van der Waals surface area contributed by atoms with E-state index in [1.165, 1.54) is 17.6 Å². The number of carboxylic acid groups (broad SMARTS) is 1. The van der Waals surface area contributed by atoms with Crippen molar-refractivity contribution in [3.8, 4) is 0 Å². The van der Waals surface area contributed by atoms with Crippen molar-refractivity contribution in [3.05, 3.63) is 76.9 Å². The van der Waals surface area contributed by atoms with Gasteiger partial charge in [-0.2, -0.15) is 0 Å². The maximum atomic E-state index is 13.2. The van der Waals surface area contributed by atoms with Crippen molar-refractivity contribution in [3.63, 3.8) is 0 Å². The second-order valence-electron chi connectivity index (χ2n) is 11.7. The molecular formula is C32H42N2O4. The first-order valence-corrected chi connectivity index (χ1v) is 14.0. The predicted molar refractivity (Wildman–Crippen MR) is 151 cm³/mol. The SMILES string of the molecule is CCC(=Cc1ccccc1)[C@@H]1C[C@H]1NC1CCC(N(Cc2cccc(C(=O)O)c2)C(=O)OC(C)(C)C)CC1. The first-order chi connectivity index (χ1) is 18.1. The van der Waals surface area contributed by atoms with E-state index in [0.29, 0.717) is 24.5 Å². The van der Waals surface area contributed by atoms with E-state index in [-0.39, 0.29) is 17.7 Å². The highest BCUT2D eigenvalue weighted by molar-refractivity contribution is 5.87. The summed E-state index contributed by atoms with van der Waals surface area (Å²) in [6.07, 6.45) is 8.07. The van der Waals surface area contributed by atoms with E-state index in [2.05, 4.69) is 48.6 Å². The average molecular weight is 519 g/mol. The summed E-state index contributed by atoms with van der Waals surface area (Å²) in [6, 6.07) is 18.4. The van der Waals surface area contributed by atoms with Crippen LogP contribution in [0.4, 0.5) is 4.79 Å². The third kappa shape index (κ3) is 7.70. The van der Waals surface area contributed by atoms with Gasteiger partial charge in [-0.1, -0.05) is 61.0 Å². The van der Waals surface area contributed by atoms with Gasteiger partial charge in [-0.3, -0.25) is 0 Å².